The molecule has 2 aromatic carbocycles. The number of nitrogens with one attached hydrogen (secondary N) is 2. The SMILES string of the molecule is CCCCCCCCSc1nc(Nc2ccc(OC(=O)OC(C)(C)C)cc2)nc(Nc2ccc(OC(=O)OC(C)(C)C)cc2)n1. The third kappa shape index (κ3) is 14.5. The molecule has 0 saturated carbocycles. The molecule has 0 atom stereocenters. The van der Waals surface area contributed by atoms with E-state index < -0.39 is 23.5 Å². The molecule has 3 aromatic rings. The Morgan fingerprint density at radius 2 is 1.07 bits per heavy atom. The summed E-state index contributed by atoms with van der Waals surface area (Å²) in [6.45, 7) is 12.9. The Labute approximate surface area is 270 Å². The molecular weight excluding hydrogens is 594 g/mol. The maximum absolute atomic E-state index is 12.0. The molecule has 0 saturated heterocycles. The summed E-state index contributed by atoms with van der Waals surface area (Å²) in [5.74, 6) is 2.29. The molecule has 1 aromatic heterocycles. The van der Waals surface area contributed by atoms with E-state index in [9.17, 15) is 9.59 Å². The lowest BCUT2D eigenvalue weighted by atomic mass is 10.1. The molecule has 0 aliphatic rings. The van der Waals surface area contributed by atoms with E-state index in [0.29, 0.717) is 39.9 Å². The molecule has 2 N–H and O–H groups in total. The normalized spacial score (nSPS) is 11.4. The zero-order valence-corrected chi connectivity index (χ0v) is 28.1. The summed E-state index contributed by atoms with van der Waals surface area (Å²) in [5.41, 5.74) is 0.0892. The van der Waals surface area contributed by atoms with Crippen molar-refractivity contribution in [2.75, 3.05) is 16.4 Å². The van der Waals surface area contributed by atoms with Crippen LogP contribution < -0.4 is 20.1 Å². The molecule has 0 aliphatic heterocycles. The molecule has 0 unspecified atom stereocenters. The first-order valence-corrected chi connectivity index (χ1v) is 16.2. The summed E-state index contributed by atoms with van der Waals surface area (Å²) >= 11 is 1.58. The third-order valence-corrected chi connectivity index (χ3v) is 6.68. The molecule has 0 fully saturated rings. The number of thioether (sulfide) groups is 1. The van der Waals surface area contributed by atoms with Gasteiger partial charge in [-0.3, -0.25) is 0 Å². The number of hydrogen-bond acceptors (Lipinski definition) is 12. The van der Waals surface area contributed by atoms with E-state index >= 15 is 0 Å². The molecule has 1 heterocycles. The fourth-order valence-corrected chi connectivity index (χ4v) is 4.62. The largest absolute Gasteiger partial charge is 0.514 e. The highest BCUT2D eigenvalue weighted by molar-refractivity contribution is 7.99. The predicted octanol–water partition coefficient (Wildman–Crippen LogP) is 9.44. The number of unbranched alkanes of at least 4 members (excludes halogenated alkanes) is 5. The Morgan fingerprint density at radius 3 is 1.49 bits per heavy atom. The topological polar surface area (TPSA) is 134 Å². The predicted molar refractivity (Wildman–Crippen MR) is 177 cm³/mol. The molecule has 3 rings (SSSR count). The molecule has 11 nitrogen and oxygen atoms in total. The first kappa shape index (κ1) is 35.4. The maximum Gasteiger partial charge on any atom is 0.514 e. The van der Waals surface area contributed by atoms with E-state index in [1.807, 2.05) is 0 Å². The van der Waals surface area contributed by atoms with Crippen LogP contribution in [0.2, 0.25) is 0 Å². The molecule has 0 bridgehead atoms. The van der Waals surface area contributed by atoms with Gasteiger partial charge in [0.2, 0.25) is 11.9 Å². The minimum absolute atomic E-state index is 0.349. The Balaban J connectivity index is 1.69. The van der Waals surface area contributed by atoms with Gasteiger partial charge in [-0.2, -0.15) is 15.0 Å². The van der Waals surface area contributed by atoms with E-state index in [1.165, 1.54) is 32.1 Å². The number of nitrogens with zero attached hydrogens (tertiary/aromatic N) is 3. The van der Waals surface area contributed by atoms with E-state index in [0.717, 1.165) is 12.2 Å². The Kier molecular flexibility index (Phi) is 13.3. The summed E-state index contributed by atoms with van der Waals surface area (Å²) in [7, 11) is 0. The fraction of sp³-hybridized carbons (Fsp3) is 0.485. The second kappa shape index (κ2) is 16.9. The summed E-state index contributed by atoms with van der Waals surface area (Å²) in [6, 6.07) is 13.6. The van der Waals surface area contributed by atoms with E-state index in [1.54, 1.807) is 102 Å². The number of anilines is 4. The number of ether oxygens (including phenoxy) is 4. The van der Waals surface area contributed by atoms with Crippen LogP contribution in [-0.4, -0.2) is 44.2 Å². The monoisotopic (exact) mass is 639 g/mol. The van der Waals surface area contributed by atoms with Gasteiger partial charge in [0.05, 0.1) is 0 Å². The second-order valence-electron chi connectivity index (χ2n) is 12.3. The Bertz CT molecular complexity index is 1280. The lowest BCUT2D eigenvalue weighted by Gasteiger charge is -2.18. The zero-order chi connectivity index (χ0) is 32.9. The van der Waals surface area contributed by atoms with Crippen molar-refractivity contribution in [3.8, 4) is 11.5 Å². The van der Waals surface area contributed by atoms with Gasteiger partial charge in [-0.15, -0.1) is 0 Å². The van der Waals surface area contributed by atoms with Crippen LogP contribution in [0, 0.1) is 0 Å². The van der Waals surface area contributed by atoms with Gasteiger partial charge < -0.3 is 29.6 Å². The number of carbonyl (C=O) groups excluding carboxylic acids is 2. The molecule has 244 valence electrons. The number of rotatable bonds is 14. The van der Waals surface area contributed by atoms with Crippen molar-refractivity contribution in [1.82, 2.24) is 15.0 Å². The van der Waals surface area contributed by atoms with Crippen LogP contribution in [0.3, 0.4) is 0 Å². The van der Waals surface area contributed by atoms with E-state index in [4.69, 9.17) is 18.9 Å². The first-order chi connectivity index (χ1) is 21.3. The first-order valence-electron chi connectivity index (χ1n) is 15.2. The van der Waals surface area contributed by atoms with Crippen LogP contribution in [0.5, 0.6) is 11.5 Å². The van der Waals surface area contributed by atoms with Crippen molar-refractivity contribution >= 4 is 47.3 Å². The quantitative estimate of drug-likeness (QED) is 0.0753. The lowest BCUT2D eigenvalue weighted by molar-refractivity contribution is 0.0193. The molecule has 12 heteroatoms. The van der Waals surface area contributed by atoms with Gasteiger partial charge in [0, 0.05) is 17.1 Å². The van der Waals surface area contributed by atoms with Crippen LogP contribution >= 0.6 is 11.8 Å². The van der Waals surface area contributed by atoms with Gasteiger partial charge in [-0.05, 0) is 96.5 Å². The van der Waals surface area contributed by atoms with Crippen LogP contribution in [0.25, 0.3) is 0 Å². The summed E-state index contributed by atoms with van der Waals surface area (Å²) in [5, 5.41) is 6.99. The zero-order valence-electron chi connectivity index (χ0n) is 27.3. The van der Waals surface area contributed by atoms with Crippen molar-refractivity contribution in [1.29, 1.82) is 0 Å². The molecule has 0 amide bonds. The highest BCUT2D eigenvalue weighted by Crippen LogP contribution is 2.25. The fourth-order valence-electron chi connectivity index (χ4n) is 3.78. The average Bonchev–Trinajstić information content (AvgIpc) is 2.92. The van der Waals surface area contributed by atoms with E-state index in [2.05, 4.69) is 32.5 Å². The highest BCUT2D eigenvalue weighted by Gasteiger charge is 2.19. The van der Waals surface area contributed by atoms with Gasteiger partial charge in [-0.25, -0.2) is 9.59 Å². The van der Waals surface area contributed by atoms with Crippen molar-refractivity contribution < 1.29 is 28.5 Å². The van der Waals surface area contributed by atoms with Crippen molar-refractivity contribution in [2.45, 2.75) is 103 Å². The minimum atomic E-state index is -0.771. The van der Waals surface area contributed by atoms with Crippen LogP contribution in [-0.2, 0) is 9.47 Å². The minimum Gasteiger partial charge on any atom is -0.428 e. The molecular formula is C33H45N5O6S. The van der Waals surface area contributed by atoms with Crippen LogP contribution in [0.1, 0.15) is 87.0 Å². The molecule has 0 radical (unpaired) electrons. The van der Waals surface area contributed by atoms with Gasteiger partial charge in [0.25, 0.3) is 0 Å². The number of hydrogen-bond donors (Lipinski definition) is 2. The summed E-state index contributed by atoms with van der Waals surface area (Å²) < 4.78 is 20.9. The average molecular weight is 640 g/mol. The van der Waals surface area contributed by atoms with Crippen LogP contribution in [0.4, 0.5) is 32.9 Å². The van der Waals surface area contributed by atoms with Crippen molar-refractivity contribution in [3.05, 3.63) is 48.5 Å². The summed E-state index contributed by atoms with van der Waals surface area (Å²) in [6.07, 6.45) is 5.69. The smallest absolute Gasteiger partial charge is 0.428 e. The van der Waals surface area contributed by atoms with Gasteiger partial charge in [-0.1, -0.05) is 50.8 Å². The molecule has 0 aliphatic carbocycles. The second-order valence-corrected chi connectivity index (χ2v) is 13.4. The number of carbonyl (C=O) groups is 2. The summed E-state index contributed by atoms with van der Waals surface area (Å²) in [4.78, 5) is 37.8. The van der Waals surface area contributed by atoms with Gasteiger partial charge >= 0.3 is 12.3 Å². The molecule has 45 heavy (non-hydrogen) atoms. The van der Waals surface area contributed by atoms with Crippen molar-refractivity contribution in [2.24, 2.45) is 0 Å². The number of aromatic nitrogens is 3. The number of benzene rings is 2. The van der Waals surface area contributed by atoms with Gasteiger partial charge in [0.15, 0.2) is 5.16 Å². The third-order valence-electron chi connectivity index (χ3n) is 5.75. The Morgan fingerprint density at radius 1 is 0.644 bits per heavy atom. The Hall–Kier alpha value is -4.06. The van der Waals surface area contributed by atoms with Crippen LogP contribution in [0.15, 0.2) is 53.7 Å². The van der Waals surface area contributed by atoms with Crippen molar-refractivity contribution in [3.63, 3.8) is 0 Å². The lowest BCUT2D eigenvalue weighted by Crippen LogP contribution is -2.25. The highest BCUT2D eigenvalue weighted by atomic mass is 32.2. The molecule has 0 spiro atoms. The van der Waals surface area contributed by atoms with Gasteiger partial charge in [0.1, 0.15) is 22.7 Å². The van der Waals surface area contributed by atoms with E-state index in [-0.39, 0.29) is 0 Å². The standard InChI is InChI=1S/C33H45N5O6S/c1-8-9-10-11-12-13-22-45-29-37-27(34-23-14-18-25(19-15-23)41-30(39)43-32(2,3)4)36-28(38-29)35-24-16-20-26(21-17-24)42-31(40)44-33(5,6)7/h14-21H,8-13,22H2,1-7H3,(H2,34,35,36,37,38). The maximum atomic E-state index is 12.0.